The quantitative estimate of drug-likeness (QED) is 0.881. The fourth-order valence-corrected chi connectivity index (χ4v) is 2.35. The number of halogens is 1. The smallest absolute Gasteiger partial charge is 0.168 e. The van der Waals surface area contributed by atoms with Crippen LogP contribution in [0.15, 0.2) is 30.5 Å². The highest BCUT2D eigenvalue weighted by Crippen LogP contribution is 2.25. The standard InChI is InChI=1S/C15H20FN3O/c1-4-17-12(13-8-9-18-19(13)2)10-11-6-5-7-14(20-3)15(11)16/h5-9,12,17H,4,10H2,1-3H3. The third kappa shape index (κ3) is 2.99. The maximum atomic E-state index is 14.2. The minimum absolute atomic E-state index is 0.0223. The molecule has 20 heavy (non-hydrogen) atoms. The highest BCUT2D eigenvalue weighted by atomic mass is 19.1. The molecule has 5 heteroatoms. The monoisotopic (exact) mass is 277 g/mol. The number of ether oxygens (including phenoxy) is 1. The van der Waals surface area contributed by atoms with Gasteiger partial charge in [-0.05, 0) is 30.7 Å². The van der Waals surface area contributed by atoms with Gasteiger partial charge in [0.05, 0.1) is 18.8 Å². The van der Waals surface area contributed by atoms with Gasteiger partial charge in [-0.15, -0.1) is 0 Å². The van der Waals surface area contributed by atoms with Gasteiger partial charge < -0.3 is 10.1 Å². The summed E-state index contributed by atoms with van der Waals surface area (Å²) >= 11 is 0. The second kappa shape index (κ2) is 6.52. The Labute approximate surface area is 118 Å². The van der Waals surface area contributed by atoms with E-state index in [-0.39, 0.29) is 17.6 Å². The molecule has 0 aliphatic carbocycles. The van der Waals surface area contributed by atoms with E-state index in [1.807, 2.05) is 30.8 Å². The molecule has 0 saturated carbocycles. The van der Waals surface area contributed by atoms with Crippen LogP contribution in [0.4, 0.5) is 4.39 Å². The highest BCUT2D eigenvalue weighted by molar-refractivity contribution is 5.32. The molecule has 1 N–H and O–H groups in total. The van der Waals surface area contributed by atoms with Gasteiger partial charge >= 0.3 is 0 Å². The van der Waals surface area contributed by atoms with Crippen molar-refractivity contribution in [2.75, 3.05) is 13.7 Å². The second-order valence-corrected chi connectivity index (χ2v) is 4.63. The lowest BCUT2D eigenvalue weighted by Gasteiger charge is -2.19. The predicted octanol–water partition coefficient (Wildman–Crippen LogP) is 2.46. The summed E-state index contributed by atoms with van der Waals surface area (Å²) in [5.41, 5.74) is 1.67. The van der Waals surface area contributed by atoms with Crippen LogP contribution in [0.5, 0.6) is 5.75 Å². The van der Waals surface area contributed by atoms with E-state index in [9.17, 15) is 4.39 Å². The zero-order valence-electron chi connectivity index (χ0n) is 12.1. The van der Waals surface area contributed by atoms with Crippen LogP contribution in [0, 0.1) is 5.82 Å². The summed E-state index contributed by atoms with van der Waals surface area (Å²) in [4.78, 5) is 0. The van der Waals surface area contributed by atoms with E-state index < -0.39 is 0 Å². The highest BCUT2D eigenvalue weighted by Gasteiger charge is 2.18. The number of likely N-dealkylation sites (N-methyl/N-ethyl adjacent to an activating group) is 1. The number of aryl methyl sites for hydroxylation is 1. The Hall–Kier alpha value is -1.88. The third-order valence-corrected chi connectivity index (χ3v) is 3.35. The van der Waals surface area contributed by atoms with Gasteiger partial charge in [0.25, 0.3) is 0 Å². The molecule has 108 valence electrons. The van der Waals surface area contributed by atoms with E-state index in [0.717, 1.165) is 12.2 Å². The van der Waals surface area contributed by atoms with Crippen LogP contribution in [0.1, 0.15) is 24.2 Å². The lowest BCUT2D eigenvalue weighted by Crippen LogP contribution is -2.25. The summed E-state index contributed by atoms with van der Waals surface area (Å²) in [6, 6.07) is 7.20. The van der Waals surface area contributed by atoms with Crippen molar-refractivity contribution < 1.29 is 9.13 Å². The molecule has 0 radical (unpaired) electrons. The van der Waals surface area contributed by atoms with Crippen molar-refractivity contribution in [3.05, 3.63) is 47.5 Å². The average molecular weight is 277 g/mol. The van der Waals surface area contributed by atoms with Gasteiger partial charge in [0, 0.05) is 13.2 Å². The fourth-order valence-electron chi connectivity index (χ4n) is 2.35. The molecule has 0 amide bonds. The van der Waals surface area contributed by atoms with Gasteiger partial charge in [-0.3, -0.25) is 4.68 Å². The third-order valence-electron chi connectivity index (χ3n) is 3.35. The minimum Gasteiger partial charge on any atom is -0.494 e. The topological polar surface area (TPSA) is 39.1 Å². The number of hydrogen-bond donors (Lipinski definition) is 1. The van der Waals surface area contributed by atoms with Crippen molar-refractivity contribution >= 4 is 0 Å². The molecule has 1 atom stereocenters. The average Bonchev–Trinajstić information content (AvgIpc) is 2.86. The molecule has 1 aromatic heterocycles. The molecule has 0 bridgehead atoms. The fraction of sp³-hybridized carbons (Fsp3) is 0.400. The summed E-state index contributed by atoms with van der Waals surface area (Å²) in [5.74, 6) is -0.0113. The molecule has 0 aliphatic rings. The first-order valence-corrected chi connectivity index (χ1v) is 6.70. The number of methoxy groups -OCH3 is 1. The summed E-state index contributed by atoms with van der Waals surface area (Å²) < 4.78 is 21.1. The predicted molar refractivity (Wildman–Crippen MR) is 76.3 cm³/mol. The number of nitrogens with one attached hydrogen (secondary N) is 1. The first kappa shape index (κ1) is 14.5. The Morgan fingerprint density at radius 3 is 2.80 bits per heavy atom. The molecule has 0 saturated heterocycles. The van der Waals surface area contributed by atoms with E-state index in [0.29, 0.717) is 12.0 Å². The summed E-state index contributed by atoms with van der Waals surface area (Å²) in [7, 11) is 3.37. The maximum absolute atomic E-state index is 14.2. The van der Waals surface area contributed by atoms with Gasteiger partial charge in [-0.2, -0.15) is 5.10 Å². The van der Waals surface area contributed by atoms with Crippen LogP contribution in [-0.2, 0) is 13.5 Å². The van der Waals surface area contributed by atoms with Crippen molar-refractivity contribution in [3.8, 4) is 5.75 Å². The first-order valence-electron chi connectivity index (χ1n) is 6.70. The van der Waals surface area contributed by atoms with Crippen molar-refractivity contribution in [1.82, 2.24) is 15.1 Å². The second-order valence-electron chi connectivity index (χ2n) is 4.63. The van der Waals surface area contributed by atoms with Crippen molar-refractivity contribution in [3.63, 3.8) is 0 Å². The van der Waals surface area contributed by atoms with Gasteiger partial charge in [0.1, 0.15) is 0 Å². The molecule has 2 rings (SSSR count). The number of benzene rings is 1. The Morgan fingerprint density at radius 1 is 1.40 bits per heavy atom. The number of aromatic nitrogens is 2. The van der Waals surface area contributed by atoms with Gasteiger partial charge in [0.15, 0.2) is 11.6 Å². The molecular weight excluding hydrogens is 257 g/mol. The van der Waals surface area contributed by atoms with Crippen LogP contribution in [0.25, 0.3) is 0 Å². The zero-order chi connectivity index (χ0) is 14.5. The molecule has 1 unspecified atom stereocenters. The number of rotatable bonds is 6. The van der Waals surface area contributed by atoms with Gasteiger partial charge in [-0.25, -0.2) is 4.39 Å². The Morgan fingerprint density at radius 2 is 2.20 bits per heavy atom. The van der Waals surface area contributed by atoms with E-state index in [4.69, 9.17) is 4.74 Å². The van der Waals surface area contributed by atoms with Crippen molar-refractivity contribution in [1.29, 1.82) is 0 Å². The Balaban J connectivity index is 2.27. The van der Waals surface area contributed by atoms with Crippen molar-refractivity contribution in [2.45, 2.75) is 19.4 Å². The molecule has 1 aromatic carbocycles. The molecule has 2 aromatic rings. The molecule has 1 heterocycles. The maximum Gasteiger partial charge on any atom is 0.168 e. The molecule has 0 fully saturated rings. The van der Waals surface area contributed by atoms with E-state index in [1.54, 1.807) is 18.3 Å². The minimum atomic E-state index is -0.292. The molecule has 4 nitrogen and oxygen atoms in total. The number of hydrogen-bond acceptors (Lipinski definition) is 3. The van der Waals surface area contributed by atoms with Crippen LogP contribution >= 0.6 is 0 Å². The lowest BCUT2D eigenvalue weighted by molar-refractivity contribution is 0.382. The Kier molecular flexibility index (Phi) is 4.74. The van der Waals surface area contributed by atoms with Gasteiger partial charge in [-0.1, -0.05) is 19.1 Å². The van der Waals surface area contributed by atoms with Crippen molar-refractivity contribution in [2.24, 2.45) is 7.05 Å². The number of nitrogens with zero attached hydrogens (tertiary/aromatic N) is 2. The molecule has 0 aliphatic heterocycles. The summed E-state index contributed by atoms with van der Waals surface area (Å²) in [6.45, 7) is 2.84. The van der Waals surface area contributed by atoms with Crippen LogP contribution < -0.4 is 10.1 Å². The summed E-state index contributed by atoms with van der Waals surface area (Å²) in [6.07, 6.45) is 2.30. The zero-order valence-corrected chi connectivity index (χ0v) is 12.1. The lowest BCUT2D eigenvalue weighted by atomic mass is 10.0. The molecule has 0 spiro atoms. The normalized spacial score (nSPS) is 12.4. The van der Waals surface area contributed by atoms with Gasteiger partial charge in [0.2, 0.25) is 0 Å². The van der Waals surface area contributed by atoms with E-state index in [2.05, 4.69) is 10.4 Å². The molecular formula is C15H20FN3O. The van der Waals surface area contributed by atoms with E-state index in [1.165, 1.54) is 7.11 Å². The largest absolute Gasteiger partial charge is 0.494 e. The van der Waals surface area contributed by atoms with Crippen LogP contribution in [-0.4, -0.2) is 23.4 Å². The first-order chi connectivity index (χ1) is 9.67. The van der Waals surface area contributed by atoms with Crippen LogP contribution in [0.3, 0.4) is 0 Å². The summed E-state index contributed by atoms with van der Waals surface area (Å²) in [5, 5.41) is 7.55. The SMILES string of the molecule is CCNC(Cc1cccc(OC)c1F)c1ccnn1C. The van der Waals surface area contributed by atoms with E-state index >= 15 is 0 Å². The Bertz CT molecular complexity index is 568. The van der Waals surface area contributed by atoms with Crippen LogP contribution in [0.2, 0.25) is 0 Å².